The number of hydrogen-bond acceptors (Lipinski definition) is 2. The van der Waals surface area contributed by atoms with Crippen molar-refractivity contribution in [2.75, 3.05) is 0 Å². The summed E-state index contributed by atoms with van der Waals surface area (Å²) in [6, 6.07) is -0.173. The van der Waals surface area contributed by atoms with Gasteiger partial charge in [-0.05, 0) is 18.3 Å². The van der Waals surface area contributed by atoms with Gasteiger partial charge < -0.3 is 10.8 Å². The fraction of sp³-hybridized carbons (Fsp3) is 0.909. The first-order chi connectivity index (χ1) is 6.59. The standard InChI is InChI=1S/C11H21NO2/c1-8(10(12)7-11(13)14)6-9-4-2-3-5-9/h8-10H,2-7,12H2,1H3,(H,13,14). The zero-order valence-corrected chi connectivity index (χ0v) is 8.91. The molecule has 0 aromatic carbocycles. The average molecular weight is 199 g/mol. The molecule has 2 unspecified atom stereocenters. The lowest BCUT2D eigenvalue weighted by molar-refractivity contribution is -0.137. The van der Waals surface area contributed by atoms with Crippen LogP contribution in [0.3, 0.4) is 0 Å². The van der Waals surface area contributed by atoms with Crippen LogP contribution in [0.5, 0.6) is 0 Å². The van der Waals surface area contributed by atoms with E-state index in [0.29, 0.717) is 5.92 Å². The number of carbonyl (C=O) groups is 1. The lowest BCUT2D eigenvalue weighted by atomic mass is 9.88. The topological polar surface area (TPSA) is 63.3 Å². The molecule has 0 aliphatic heterocycles. The molecule has 1 rings (SSSR count). The molecule has 1 aliphatic rings. The van der Waals surface area contributed by atoms with E-state index in [1.54, 1.807) is 0 Å². The van der Waals surface area contributed by atoms with E-state index in [1.807, 2.05) is 0 Å². The van der Waals surface area contributed by atoms with E-state index < -0.39 is 5.97 Å². The van der Waals surface area contributed by atoms with Crippen molar-refractivity contribution in [3.8, 4) is 0 Å². The highest BCUT2D eigenvalue weighted by Crippen LogP contribution is 2.31. The van der Waals surface area contributed by atoms with Gasteiger partial charge in [-0.1, -0.05) is 32.6 Å². The number of carboxylic acids is 1. The van der Waals surface area contributed by atoms with Gasteiger partial charge >= 0.3 is 5.97 Å². The quantitative estimate of drug-likeness (QED) is 0.712. The van der Waals surface area contributed by atoms with Crippen molar-refractivity contribution in [2.24, 2.45) is 17.6 Å². The lowest BCUT2D eigenvalue weighted by Crippen LogP contribution is -2.31. The molecule has 3 N–H and O–H groups in total. The number of hydrogen-bond donors (Lipinski definition) is 2. The van der Waals surface area contributed by atoms with Crippen LogP contribution in [0.15, 0.2) is 0 Å². The smallest absolute Gasteiger partial charge is 0.304 e. The highest BCUT2D eigenvalue weighted by atomic mass is 16.4. The first kappa shape index (κ1) is 11.5. The summed E-state index contributed by atoms with van der Waals surface area (Å²) < 4.78 is 0. The fourth-order valence-electron chi connectivity index (χ4n) is 2.35. The second-order valence-electron chi connectivity index (χ2n) is 4.63. The molecule has 1 saturated carbocycles. The van der Waals surface area contributed by atoms with Crippen molar-refractivity contribution in [3.05, 3.63) is 0 Å². The van der Waals surface area contributed by atoms with Crippen molar-refractivity contribution >= 4 is 5.97 Å². The Balaban J connectivity index is 2.25. The maximum absolute atomic E-state index is 10.5. The largest absolute Gasteiger partial charge is 0.481 e. The molecule has 1 aliphatic carbocycles. The first-order valence-electron chi connectivity index (χ1n) is 5.57. The minimum atomic E-state index is -0.782. The molecular formula is C11H21NO2. The first-order valence-corrected chi connectivity index (χ1v) is 5.57. The molecule has 0 saturated heterocycles. The van der Waals surface area contributed by atoms with Crippen molar-refractivity contribution in [3.63, 3.8) is 0 Å². The summed E-state index contributed by atoms with van der Waals surface area (Å²) in [7, 11) is 0. The molecule has 3 nitrogen and oxygen atoms in total. The molecule has 0 radical (unpaired) electrons. The third-order valence-electron chi connectivity index (χ3n) is 3.32. The molecule has 0 amide bonds. The predicted octanol–water partition coefficient (Wildman–Crippen LogP) is 2.00. The van der Waals surface area contributed by atoms with Gasteiger partial charge in [0.2, 0.25) is 0 Å². The molecule has 0 heterocycles. The molecule has 1 fully saturated rings. The Morgan fingerprint density at radius 3 is 2.57 bits per heavy atom. The minimum Gasteiger partial charge on any atom is -0.481 e. The van der Waals surface area contributed by atoms with E-state index in [1.165, 1.54) is 25.7 Å². The third kappa shape index (κ3) is 3.66. The third-order valence-corrected chi connectivity index (χ3v) is 3.32. The summed E-state index contributed by atoms with van der Waals surface area (Å²) in [6.07, 6.45) is 6.51. The van der Waals surface area contributed by atoms with Gasteiger partial charge in [-0.2, -0.15) is 0 Å². The van der Waals surface area contributed by atoms with Gasteiger partial charge in [-0.25, -0.2) is 0 Å². The SMILES string of the molecule is CC(CC1CCCC1)C(N)CC(=O)O. The molecule has 0 aromatic rings. The maximum Gasteiger partial charge on any atom is 0.304 e. The summed E-state index contributed by atoms with van der Waals surface area (Å²) in [4.78, 5) is 10.5. The summed E-state index contributed by atoms with van der Waals surface area (Å²) in [6.45, 7) is 2.08. The Kier molecular flexibility index (Phi) is 4.39. The van der Waals surface area contributed by atoms with Crippen LogP contribution in [0.4, 0.5) is 0 Å². The van der Waals surface area contributed by atoms with Crippen LogP contribution < -0.4 is 5.73 Å². The van der Waals surface area contributed by atoms with Gasteiger partial charge in [-0.15, -0.1) is 0 Å². The Morgan fingerprint density at radius 1 is 1.50 bits per heavy atom. The zero-order valence-electron chi connectivity index (χ0n) is 8.91. The average Bonchev–Trinajstić information content (AvgIpc) is 2.55. The van der Waals surface area contributed by atoms with E-state index in [9.17, 15) is 4.79 Å². The van der Waals surface area contributed by atoms with Crippen LogP contribution in [0.25, 0.3) is 0 Å². The van der Waals surface area contributed by atoms with Crippen LogP contribution in [0.2, 0.25) is 0 Å². The van der Waals surface area contributed by atoms with Crippen LogP contribution in [0, 0.1) is 11.8 Å². The van der Waals surface area contributed by atoms with Crippen molar-refractivity contribution in [1.82, 2.24) is 0 Å². The second kappa shape index (κ2) is 5.35. The summed E-state index contributed by atoms with van der Waals surface area (Å²) >= 11 is 0. The van der Waals surface area contributed by atoms with Gasteiger partial charge in [0.25, 0.3) is 0 Å². The highest BCUT2D eigenvalue weighted by molar-refractivity contribution is 5.67. The van der Waals surface area contributed by atoms with Gasteiger partial charge in [0.15, 0.2) is 0 Å². The number of nitrogens with two attached hydrogens (primary N) is 1. The van der Waals surface area contributed by atoms with Crippen LogP contribution in [-0.4, -0.2) is 17.1 Å². The monoisotopic (exact) mass is 199 g/mol. The summed E-state index contributed by atoms with van der Waals surface area (Å²) in [5.74, 6) is 0.356. The molecule has 3 heteroatoms. The van der Waals surface area contributed by atoms with Gasteiger partial charge in [-0.3, -0.25) is 4.79 Å². The molecule has 0 spiro atoms. The zero-order chi connectivity index (χ0) is 10.6. The molecule has 0 bridgehead atoms. The van der Waals surface area contributed by atoms with Crippen molar-refractivity contribution < 1.29 is 9.90 Å². The van der Waals surface area contributed by atoms with Crippen molar-refractivity contribution in [1.29, 1.82) is 0 Å². The Hall–Kier alpha value is -0.570. The predicted molar refractivity (Wildman–Crippen MR) is 56.0 cm³/mol. The van der Waals surface area contributed by atoms with Crippen LogP contribution in [-0.2, 0) is 4.79 Å². The number of aliphatic carboxylic acids is 1. The van der Waals surface area contributed by atoms with Crippen LogP contribution in [0.1, 0.15) is 45.4 Å². The second-order valence-corrected chi connectivity index (χ2v) is 4.63. The lowest BCUT2D eigenvalue weighted by Gasteiger charge is -2.21. The minimum absolute atomic E-state index is 0.105. The summed E-state index contributed by atoms with van der Waals surface area (Å²) in [5, 5.41) is 8.61. The van der Waals surface area contributed by atoms with Gasteiger partial charge in [0.05, 0.1) is 6.42 Å². The van der Waals surface area contributed by atoms with E-state index in [4.69, 9.17) is 10.8 Å². The molecule has 2 atom stereocenters. The summed E-state index contributed by atoms with van der Waals surface area (Å²) in [5.41, 5.74) is 5.82. The highest BCUT2D eigenvalue weighted by Gasteiger charge is 2.22. The number of carboxylic acid groups (broad SMARTS) is 1. The molecular weight excluding hydrogens is 178 g/mol. The molecule has 82 valence electrons. The maximum atomic E-state index is 10.5. The van der Waals surface area contributed by atoms with E-state index in [0.717, 1.165) is 12.3 Å². The van der Waals surface area contributed by atoms with E-state index >= 15 is 0 Å². The normalized spacial score (nSPS) is 22.1. The van der Waals surface area contributed by atoms with E-state index in [-0.39, 0.29) is 12.5 Å². The van der Waals surface area contributed by atoms with Gasteiger partial charge in [0, 0.05) is 6.04 Å². The Bertz CT molecular complexity index is 188. The Labute approximate surface area is 85.7 Å². The number of rotatable bonds is 5. The Morgan fingerprint density at radius 2 is 2.07 bits per heavy atom. The fourth-order valence-corrected chi connectivity index (χ4v) is 2.35. The molecule has 0 aromatic heterocycles. The van der Waals surface area contributed by atoms with Gasteiger partial charge in [0.1, 0.15) is 0 Å². The molecule has 14 heavy (non-hydrogen) atoms. The van der Waals surface area contributed by atoms with Crippen molar-refractivity contribution in [2.45, 2.75) is 51.5 Å². The van der Waals surface area contributed by atoms with E-state index in [2.05, 4.69) is 6.92 Å². The van der Waals surface area contributed by atoms with Crippen LogP contribution >= 0.6 is 0 Å².